The highest BCUT2D eigenvalue weighted by Gasteiger charge is 2.11. The molecule has 0 saturated heterocycles. The van der Waals surface area contributed by atoms with Crippen molar-refractivity contribution in [1.82, 2.24) is 0 Å². The van der Waals surface area contributed by atoms with Gasteiger partial charge >= 0.3 is 5.97 Å². The van der Waals surface area contributed by atoms with Crippen molar-refractivity contribution in [2.45, 2.75) is 6.10 Å². The molecule has 0 aliphatic carbocycles. The Hall–Kier alpha value is -0.650. The number of methoxy groups -OCH3 is 1. The number of aliphatic hydroxyl groups excluding tert-OH is 3. The summed E-state index contributed by atoms with van der Waals surface area (Å²) in [6, 6.07) is 0. The van der Waals surface area contributed by atoms with E-state index in [1.807, 2.05) is 0 Å². The zero-order valence-corrected chi connectivity index (χ0v) is 5.94. The highest BCUT2D eigenvalue weighted by atomic mass is 16.5. The summed E-state index contributed by atoms with van der Waals surface area (Å²) in [4.78, 5) is 10.1. The highest BCUT2D eigenvalue weighted by molar-refractivity contribution is 5.74. The van der Waals surface area contributed by atoms with Crippen LogP contribution in [0, 0.1) is 0 Å². The predicted molar refractivity (Wildman–Crippen MR) is 33.3 cm³/mol. The molecule has 0 heterocycles. The van der Waals surface area contributed by atoms with Crippen molar-refractivity contribution in [3.63, 3.8) is 0 Å². The third-order valence-corrected chi connectivity index (χ3v) is 0.646. The zero-order valence-electron chi connectivity index (χ0n) is 5.94. The number of carbonyl (C=O) groups excluding carboxylic acids is 1. The molecule has 0 aromatic carbocycles. The Morgan fingerprint density at radius 3 is 2.10 bits per heavy atom. The van der Waals surface area contributed by atoms with Crippen LogP contribution >= 0.6 is 0 Å². The van der Waals surface area contributed by atoms with Crippen molar-refractivity contribution in [2.24, 2.45) is 0 Å². The van der Waals surface area contributed by atoms with Crippen LogP contribution in [0.5, 0.6) is 0 Å². The minimum atomic E-state index is -1.39. The summed E-state index contributed by atoms with van der Waals surface area (Å²) < 4.78 is 4.05. The maximum atomic E-state index is 10.1. The van der Waals surface area contributed by atoms with E-state index in [1.165, 1.54) is 0 Å². The number of esters is 1. The van der Waals surface area contributed by atoms with Crippen molar-refractivity contribution in [3.8, 4) is 0 Å². The van der Waals surface area contributed by atoms with E-state index in [-0.39, 0.29) is 0 Å². The average Bonchev–Trinajstić information content (AvgIpc) is 2.05. The molecular formula is C5H12O5. The van der Waals surface area contributed by atoms with E-state index in [4.69, 9.17) is 15.3 Å². The standard InChI is InChI=1S/C4H8O4.CH4O/c1-8-4(7)3(6)2-5;1-2/h3,5-6H,2H2,1H3;2H,1H3. The fourth-order valence-electron chi connectivity index (χ4n) is 0.211. The molecule has 0 spiro atoms. The van der Waals surface area contributed by atoms with Crippen LogP contribution in [0.2, 0.25) is 0 Å². The Kier molecular flexibility index (Phi) is 10.1. The van der Waals surface area contributed by atoms with Crippen LogP contribution in [-0.4, -0.2) is 48.2 Å². The lowest BCUT2D eigenvalue weighted by Crippen LogP contribution is -2.25. The smallest absolute Gasteiger partial charge is 0.337 e. The first kappa shape index (κ1) is 12.1. The summed E-state index contributed by atoms with van der Waals surface area (Å²) in [5.74, 6) is -0.812. The minimum Gasteiger partial charge on any atom is -0.467 e. The number of hydrogen-bond acceptors (Lipinski definition) is 5. The van der Waals surface area contributed by atoms with Crippen molar-refractivity contribution in [3.05, 3.63) is 0 Å². The van der Waals surface area contributed by atoms with E-state index in [2.05, 4.69) is 4.74 Å². The van der Waals surface area contributed by atoms with Gasteiger partial charge < -0.3 is 20.1 Å². The van der Waals surface area contributed by atoms with Gasteiger partial charge in [0.2, 0.25) is 0 Å². The molecule has 1 atom stereocenters. The molecule has 62 valence electrons. The summed E-state index contributed by atoms with van der Waals surface area (Å²) in [6.45, 7) is -0.591. The lowest BCUT2D eigenvalue weighted by atomic mass is 10.4. The molecule has 5 nitrogen and oxygen atoms in total. The molecule has 0 amide bonds. The Morgan fingerprint density at radius 2 is 2.00 bits per heavy atom. The van der Waals surface area contributed by atoms with Crippen LogP contribution in [0.1, 0.15) is 0 Å². The molecular weight excluding hydrogens is 140 g/mol. The second kappa shape index (κ2) is 8.35. The predicted octanol–water partition coefficient (Wildman–Crippen LogP) is -1.88. The van der Waals surface area contributed by atoms with E-state index in [0.717, 1.165) is 14.2 Å². The van der Waals surface area contributed by atoms with Gasteiger partial charge in [0.05, 0.1) is 13.7 Å². The first-order chi connectivity index (χ1) is 4.72. The molecule has 0 aromatic heterocycles. The van der Waals surface area contributed by atoms with E-state index >= 15 is 0 Å². The molecule has 0 radical (unpaired) electrons. The van der Waals surface area contributed by atoms with Crippen LogP contribution in [-0.2, 0) is 9.53 Å². The second-order valence-corrected chi connectivity index (χ2v) is 1.22. The third-order valence-electron chi connectivity index (χ3n) is 0.646. The number of hydrogen-bond donors (Lipinski definition) is 3. The molecule has 0 aliphatic heterocycles. The van der Waals surface area contributed by atoms with Crippen LogP contribution in [0.3, 0.4) is 0 Å². The molecule has 1 unspecified atom stereocenters. The summed E-state index contributed by atoms with van der Waals surface area (Å²) in [5.41, 5.74) is 0. The maximum Gasteiger partial charge on any atom is 0.337 e. The van der Waals surface area contributed by atoms with Gasteiger partial charge in [0, 0.05) is 7.11 Å². The van der Waals surface area contributed by atoms with Gasteiger partial charge in [-0.15, -0.1) is 0 Å². The first-order valence-corrected chi connectivity index (χ1v) is 2.54. The monoisotopic (exact) mass is 152 g/mol. The maximum absolute atomic E-state index is 10.1. The lowest BCUT2D eigenvalue weighted by molar-refractivity contribution is -0.152. The molecule has 10 heavy (non-hydrogen) atoms. The molecule has 0 saturated carbocycles. The van der Waals surface area contributed by atoms with Gasteiger partial charge in [-0.2, -0.15) is 0 Å². The Balaban J connectivity index is 0. The van der Waals surface area contributed by atoms with Crippen LogP contribution in [0.15, 0.2) is 0 Å². The van der Waals surface area contributed by atoms with Gasteiger partial charge in [-0.3, -0.25) is 0 Å². The summed E-state index contributed by atoms with van der Waals surface area (Å²) in [5, 5.41) is 23.5. The minimum absolute atomic E-state index is 0.591. The van der Waals surface area contributed by atoms with Crippen LogP contribution in [0.4, 0.5) is 0 Å². The Labute approximate surface area is 58.9 Å². The molecule has 0 aromatic rings. The van der Waals surface area contributed by atoms with Gasteiger partial charge in [0.25, 0.3) is 0 Å². The summed E-state index contributed by atoms with van der Waals surface area (Å²) in [7, 11) is 2.14. The number of rotatable bonds is 2. The Bertz CT molecular complexity index is 82.1. The van der Waals surface area contributed by atoms with Gasteiger partial charge in [0.1, 0.15) is 0 Å². The molecule has 5 heteroatoms. The SMILES string of the molecule is CO.COC(=O)C(O)CO. The number of ether oxygens (including phenoxy) is 1. The fourth-order valence-corrected chi connectivity index (χ4v) is 0.211. The number of aliphatic hydroxyl groups is 3. The largest absolute Gasteiger partial charge is 0.467 e. The number of carbonyl (C=O) groups is 1. The van der Waals surface area contributed by atoms with Crippen molar-refractivity contribution in [1.29, 1.82) is 0 Å². The molecule has 0 aliphatic rings. The second-order valence-electron chi connectivity index (χ2n) is 1.22. The van der Waals surface area contributed by atoms with Crippen molar-refractivity contribution < 1.29 is 24.9 Å². The highest BCUT2D eigenvalue weighted by Crippen LogP contribution is 1.82. The quantitative estimate of drug-likeness (QED) is 0.403. The first-order valence-electron chi connectivity index (χ1n) is 2.54. The average molecular weight is 152 g/mol. The van der Waals surface area contributed by atoms with Crippen LogP contribution < -0.4 is 0 Å². The fraction of sp³-hybridized carbons (Fsp3) is 0.800. The topological polar surface area (TPSA) is 87.0 Å². The molecule has 0 rings (SSSR count). The Morgan fingerprint density at radius 1 is 1.60 bits per heavy atom. The van der Waals surface area contributed by atoms with E-state index in [1.54, 1.807) is 0 Å². The van der Waals surface area contributed by atoms with Gasteiger partial charge in [-0.1, -0.05) is 0 Å². The zero-order chi connectivity index (χ0) is 8.57. The van der Waals surface area contributed by atoms with Crippen LogP contribution in [0.25, 0.3) is 0 Å². The lowest BCUT2D eigenvalue weighted by Gasteiger charge is -2.01. The van der Waals surface area contributed by atoms with E-state index in [0.29, 0.717) is 0 Å². The molecule has 0 fully saturated rings. The van der Waals surface area contributed by atoms with Gasteiger partial charge in [-0.05, 0) is 0 Å². The normalized spacial score (nSPS) is 10.9. The van der Waals surface area contributed by atoms with Crippen molar-refractivity contribution >= 4 is 5.97 Å². The van der Waals surface area contributed by atoms with Crippen molar-refractivity contribution in [2.75, 3.05) is 20.8 Å². The third kappa shape index (κ3) is 5.49. The van der Waals surface area contributed by atoms with Gasteiger partial charge in [-0.25, -0.2) is 4.79 Å². The van der Waals surface area contributed by atoms with E-state index in [9.17, 15) is 4.79 Å². The molecule has 3 N–H and O–H groups in total. The summed E-state index contributed by atoms with van der Waals surface area (Å²) in [6.07, 6.45) is -1.39. The molecule has 0 bridgehead atoms. The van der Waals surface area contributed by atoms with E-state index < -0.39 is 18.7 Å². The van der Waals surface area contributed by atoms with Gasteiger partial charge in [0.15, 0.2) is 6.10 Å². The summed E-state index contributed by atoms with van der Waals surface area (Å²) >= 11 is 0.